The van der Waals surface area contributed by atoms with E-state index in [2.05, 4.69) is 206 Å². The smallest absolute Gasteiger partial charge is 0.138 e. The Morgan fingerprint density at radius 1 is 0.500 bits per heavy atom. The van der Waals surface area contributed by atoms with Crippen LogP contribution in [0.5, 0.6) is 5.75 Å². The summed E-state index contributed by atoms with van der Waals surface area (Å²) < 4.78 is 6.74. The highest BCUT2D eigenvalue weighted by Crippen LogP contribution is 2.62. The molecule has 1 saturated heterocycles. The Hall–Kier alpha value is -5.71. The Balaban J connectivity index is 1.03. The van der Waals surface area contributed by atoms with E-state index < -0.39 is 0 Å². The first-order valence-electron chi connectivity index (χ1n) is 19.0. The Labute approximate surface area is 322 Å². The topological polar surface area (TPSA) is 15.7 Å². The van der Waals surface area contributed by atoms with Crippen molar-refractivity contribution >= 4 is 34.5 Å². The highest BCUT2D eigenvalue weighted by Gasteiger charge is 2.58. The van der Waals surface area contributed by atoms with Gasteiger partial charge in [0.1, 0.15) is 11.9 Å². The number of fused-ring (bicyclic) bond motifs is 7. The third-order valence-corrected chi connectivity index (χ3v) is 12.8. The maximum Gasteiger partial charge on any atom is 0.138 e. The van der Waals surface area contributed by atoms with Gasteiger partial charge in [-0.3, -0.25) is 0 Å². The molecular weight excluding hydrogens is 677 g/mol. The number of para-hydroxylation sites is 1. The van der Waals surface area contributed by atoms with Gasteiger partial charge in [0, 0.05) is 33.2 Å². The van der Waals surface area contributed by atoms with Crippen LogP contribution < -0.4 is 14.5 Å². The predicted molar refractivity (Wildman–Crippen MR) is 226 cm³/mol. The van der Waals surface area contributed by atoms with Gasteiger partial charge < -0.3 is 14.5 Å². The van der Waals surface area contributed by atoms with E-state index in [1.807, 2.05) is 11.8 Å². The molecule has 0 saturated carbocycles. The molecule has 0 spiro atoms. The lowest BCUT2D eigenvalue weighted by atomic mass is 9.86. The summed E-state index contributed by atoms with van der Waals surface area (Å²) >= 11 is 1.98. The summed E-state index contributed by atoms with van der Waals surface area (Å²) in [6.45, 7) is 6.79. The highest BCUT2D eigenvalue weighted by atomic mass is 32.2. The molecule has 7 aromatic carbocycles. The molecule has 0 N–H and O–H groups in total. The molecule has 4 atom stereocenters. The van der Waals surface area contributed by atoms with Gasteiger partial charge in [0.15, 0.2) is 0 Å². The average molecular weight is 719 g/mol. The zero-order valence-corrected chi connectivity index (χ0v) is 31.6. The van der Waals surface area contributed by atoms with Crippen molar-refractivity contribution in [2.45, 2.75) is 54.5 Å². The maximum atomic E-state index is 6.74. The third-order valence-electron chi connectivity index (χ3n) is 11.4. The van der Waals surface area contributed by atoms with Gasteiger partial charge in [-0.1, -0.05) is 136 Å². The van der Waals surface area contributed by atoms with Gasteiger partial charge in [-0.25, -0.2) is 0 Å². The minimum absolute atomic E-state index is 0.0901. The molecular formula is C50H42N2OS. The number of thioether (sulfide) groups is 1. The minimum atomic E-state index is 0.0901. The monoisotopic (exact) mass is 718 g/mol. The van der Waals surface area contributed by atoms with Gasteiger partial charge >= 0.3 is 0 Å². The largest absolute Gasteiger partial charge is 0.486 e. The Bertz CT molecular complexity index is 2380. The van der Waals surface area contributed by atoms with E-state index >= 15 is 0 Å². The quantitative estimate of drug-likeness (QED) is 0.170. The number of anilines is 4. The molecule has 10 rings (SSSR count). The van der Waals surface area contributed by atoms with Crippen LogP contribution in [0.2, 0.25) is 0 Å². The second-order valence-corrected chi connectivity index (χ2v) is 16.9. The van der Waals surface area contributed by atoms with Crippen LogP contribution in [0.15, 0.2) is 181 Å². The van der Waals surface area contributed by atoms with Gasteiger partial charge in [0.05, 0.1) is 17.3 Å². The summed E-state index contributed by atoms with van der Waals surface area (Å²) in [4.78, 5) is 6.38. The number of hydrogen-bond acceptors (Lipinski definition) is 4. The number of ether oxygens (including phenoxy) is 1. The van der Waals surface area contributed by atoms with Crippen LogP contribution in [0.25, 0.3) is 22.3 Å². The van der Waals surface area contributed by atoms with Crippen LogP contribution >= 0.6 is 11.8 Å². The third kappa shape index (κ3) is 5.59. The van der Waals surface area contributed by atoms with E-state index in [0.29, 0.717) is 5.25 Å². The molecule has 3 nitrogen and oxygen atoms in total. The summed E-state index contributed by atoms with van der Waals surface area (Å²) in [5.74, 6) is 1.02. The molecule has 3 aliphatic heterocycles. The molecule has 54 heavy (non-hydrogen) atoms. The fourth-order valence-corrected chi connectivity index (χ4v) is 10.2. The minimum Gasteiger partial charge on any atom is -0.486 e. The van der Waals surface area contributed by atoms with Gasteiger partial charge in [-0.2, -0.15) is 0 Å². The number of rotatable bonds is 6. The van der Waals surface area contributed by atoms with E-state index in [-0.39, 0.29) is 23.6 Å². The van der Waals surface area contributed by atoms with Crippen LogP contribution in [-0.2, 0) is 5.41 Å². The fourth-order valence-electron chi connectivity index (χ4n) is 8.66. The molecule has 1 fully saturated rings. The molecule has 4 heteroatoms. The molecule has 3 aliphatic rings. The van der Waals surface area contributed by atoms with Gasteiger partial charge in [-0.05, 0) is 99.5 Å². The standard InChI is InChI=1S/C50H42N2OS/c1-50(2,3)37-23-17-34(18-24-37)36-21-27-39(28-22-36)51(38-25-19-35(20-26-38)33-11-5-4-6-12-33)40-29-31-41(32-30-40)52-46-42-13-7-9-15-44(42)53-48(46)49-47(52)43-14-8-10-16-45(43)54-49/h4-32,46-49H,1-3H3. The SMILES string of the molecule is CC(C)(C)c1ccc(-c2ccc(N(c3ccc(-c4ccccc4)cc3)c3ccc(N4C5c6ccccc6OC5C5Sc6ccccc6C54)cc3)cc2)cc1. The maximum absolute atomic E-state index is 6.74. The first kappa shape index (κ1) is 32.9. The summed E-state index contributed by atoms with van der Waals surface area (Å²) in [5, 5.41) is 0.322. The van der Waals surface area contributed by atoms with Crippen molar-refractivity contribution in [3.63, 3.8) is 0 Å². The second kappa shape index (κ2) is 13.0. The molecule has 0 aromatic heterocycles. The van der Waals surface area contributed by atoms with Crippen molar-refractivity contribution in [3.05, 3.63) is 193 Å². The molecule has 0 radical (unpaired) electrons. The number of hydrogen-bond donors (Lipinski definition) is 0. The lowest BCUT2D eigenvalue weighted by molar-refractivity contribution is 0.229. The van der Waals surface area contributed by atoms with Crippen molar-refractivity contribution in [1.29, 1.82) is 0 Å². The highest BCUT2D eigenvalue weighted by molar-refractivity contribution is 8.00. The van der Waals surface area contributed by atoms with Crippen molar-refractivity contribution in [3.8, 4) is 28.0 Å². The predicted octanol–water partition coefficient (Wildman–Crippen LogP) is 13.3. The van der Waals surface area contributed by atoms with Crippen molar-refractivity contribution in [1.82, 2.24) is 0 Å². The van der Waals surface area contributed by atoms with Crippen molar-refractivity contribution in [2.24, 2.45) is 0 Å². The van der Waals surface area contributed by atoms with Crippen LogP contribution in [0.3, 0.4) is 0 Å². The van der Waals surface area contributed by atoms with Gasteiger partial charge in [0.25, 0.3) is 0 Å². The molecule has 4 unspecified atom stereocenters. The van der Waals surface area contributed by atoms with Crippen LogP contribution in [-0.4, -0.2) is 11.4 Å². The molecule has 0 amide bonds. The first-order chi connectivity index (χ1) is 26.4. The van der Waals surface area contributed by atoms with Gasteiger partial charge in [-0.15, -0.1) is 11.8 Å². The molecule has 3 heterocycles. The Morgan fingerprint density at radius 3 is 1.61 bits per heavy atom. The van der Waals surface area contributed by atoms with Crippen LogP contribution in [0, 0.1) is 0 Å². The van der Waals surface area contributed by atoms with E-state index in [0.717, 1.165) is 22.8 Å². The summed E-state index contributed by atoms with van der Waals surface area (Å²) in [6, 6.07) is 64.7. The van der Waals surface area contributed by atoms with Crippen LogP contribution in [0.1, 0.15) is 49.5 Å². The lowest BCUT2D eigenvalue weighted by Crippen LogP contribution is -2.27. The van der Waals surface area contributed by atoms with Crippen molar-refractivity contribution < 1.29 is 4.74 Å². The number of nitrogens with zero attached hydrogens (tertiary/aromatic N) is 2. The molecule has 0 aliphatic carbocycles. The van der Waals surface area contributed by atoms with Gasteiger partial charge in [0.2, 0.25) is 0 Å². The Kier molecular flexibility index (Phi) is 7.92. The van der Waals surface area contributed by atoms with Crippen molar-refractivity contribution in [2.75, 3.05) is 9.80 Å². The average Bonchev–Trinajstić information content (AvgIpc) is 3.87. The first-order valence-corrected chi connectivity index (χ1v) is 19.8. The van der Waals surface area contributed by atoms with E-state index in [9.17, 15) is 0 Å². The van der Waals surface area contributed by atoms with Crippen LogP contribution in [0.4, 0.5) is 22.7 Å². The van der Waals surface area contributed by atoms with E-state index in [1.54, 1.807) is 0 Å². The number of benzene rings is 7. The normalized spacial score (nSPS) is 19.4. The lowest BCUT2D eigenvalue weighted by Gasteiger charge is -2.32. The van der Waals surface area contributed by atoms with E-state index in [1.165, 1.54) is 49.5 Å². The molecule has 264 valence electrons. The molecule has 7 aromatic rings. The Morgan fingerprint density at radius 2 is 1.00 bits per heavy atom. The summed E-state index contributed by atoms with van der Waals surface area (Å²) in [7, 11) is 0. The molecule has 0 bridgehead atoms. The summed E-state index contributed by atoms with van der Waals surface area (Å²) in [5.41, 5.74) is 13.6. The zero-order valence-electron chi connectivity index (χ0n) is 30.8. The van der Waals surface area contributed by atoms with E-state index in [4.69, 9.17) is 4.74 Å². The zero-order chi connectivity index (χ0) is 36.4. The second-order valence-electron chi connectivity index (χ2n) is 15.7. The fraction of sp³-hybridized carbons (Fsp3) is 0.160. The summed E-state index contributed by atoms with van der Waals surface area (Å²) in [6.07, 6.45) is 0.0901.